The first-order chi connectivity index (χ1) is 6.50. The summed E-state index contributed by atoms with van der Waals surface area (Å²) in [5, 5.41) is 3.01. The molecular formula is C8H14F3NO2. The molecule has 0 bridgehead atoms. The molecular weight excluding hydrogens is 199 g/mol. The zero-order valence-corrected chi connectivity index (χ0v) is 7.93. The average Bonchev–Trinajstić information content (AvgIpc) is 2.14. The van der Waals surface area contributed by atoms with Crippen LogP contribution in [0.1, 0.15) is 6.92 Å². The molecule has 1 fully saturated rings. The zero-order valence-electron chi connectivity index (χ0n) is 7.93. The van der Waals surface area contributed by atoms with Gasteiger partial charge in [0, 0.05) is 13.1 Å². The van der Waals surface area contributed by atoms with Crippen LogP contribution >= 0.6 is 0 Å². The van der Waals surface area contributed by atoms with Crippen LogP contribution in [-0.2, 0) is 9.47 Å². The SMILES string of the molecule is CC(OCC1CNCCO1)C(F)(F)F. The van der Waals surface area contributed by atoms with E-state index in [1.807, 2.05) is 0 Å². The molecule has 84 valence electrons. The van der Waals surface area contributed by atoms with Crippen LogP contribution in [-0.4, -0.2) is 44.7 Å². The first-order valence-electron chi connectivity index (χ1n) is 4.51. The maximum atomic E-state index is 12.0. The Bertz CT molecular complexity index is 168. The molecule has 1 heterocycles. The molecule has 0 saturated carbocycles. The lowest BCUT2D eigenvalue weighted by atomic mass is 10.3. The second-order valence-electron chi connectivity index (χ2n) is 3.21. The van der Waals surface area contributed by atoms with Gasteiger partial charge in [-0.05, 0) is 6.92 Å². The Morgan fingerprint density at radius 2 is 2.29 bits per heavy atom. The molecule has 0 spiro atoms. The van der Waals surface area contributed by atoms with Crippen LogP contribution in [0.3, 0.4) is 0 Å². The molecule has 14 heavy (non-hydrogen) atoms. The number of hydrogen-bond acceptors (Lipinski definition) is 3. The van der Waals surface area contributed by atoms with Crippen molar-refractivity contribution in [2.45, 2.75) is 25.3 Å². The number of ether oxygens (including phenoxy) is 2. The third kappa shape index (κ3) is 3.81. The summed E-state index contributed by atoms with van der Waals surface area (Å²) in [4.78, 5) is 0. The third-order valence-corrected chi connectivity index (χ3v) is 2.00. The molecule has 1 N–H and O–H groups in total. The Morgan fingerprint density at radius 3 is 2.79 bits per heavy atom. The van der Waals surface area contributed by atoms with E-state index in [4.69, 9.17) is 4.74 Å². The van der Waals surface area contributed by atoms with Gasteiger partial charge in [-0.3, -0.25) is 0 Å². The molecule has 2 unspecified atom stereocenters. The van der Waals surface area contributed by atoms with Gasteiger partial charge in [-0.15, -0.1) is 0 Å². The lowest BCUT2D eigenvalue weighted by Crippen LogP contribution is -2.42. The molecule has 1 saturated heterocycles. The van der Waals surface area contributed by atoms with Crippen molar-refractivity contribution in [2.24, 2.45) is 0 Å². The van der Waals surface area contributed by atoms with Gasteiger partial charge in [0.2, 0.25) is 0 Å². The highest BCUT2D eigenvalue weighted by Crippen LogP contribution is 2.22. The van der Waals surface area contributed by atoms with Gasteiger partial charge in [-0.25, -0.2) is 0 Å². The van der Waals surface area contributed by atoms with E-state index in [0.717, 1.165) is 13.5 Å². The van der Waals surface area contributed by atoms with Crippen LogP contribution in [0.4, 0.5) is 13.2 Å². The number of rotatable bonds is 3. The molecule has 0 aliphatic carbocycles. The Hall–Kier alpha value is -0.330. The van der Waals surface area contributed by atoms with Crippen molar-refractivity contribution in [1.82, 2.24) is 5.32 Å². The van der Waals surface area contributed by atoms with E-state index < -0.39 is 12.3 Å². The molecule has 0 amide bonds. The van der Waals surface area contributed by atoms with Crippen molar-refractivity contribution in [3.63, 3.8) is 0 Å². The first-order valence-corrected chi connectivity index (χ1v) is 4.51. The van der Waals surface area contributed by atoms with Crippen molar-refractivity contribution in [1.29, 1.82) is 0 Å². The lowest BCUT2D eigenvalue weighted by Gasteiger charge is -2.25. The van der Waals surface area contributed by atoms with Crippen LogP contribution in [0.2, 0.25) is 0 Å². The number of morpholine rings is 1. The fourth-order valence-corrected chi connectivity index (χ4v) is 1.07. The number of alkyl halides is 3. The average molecular weight is 213 g/mol. The molecule has 3 nitrogen and oxygen atoms in total. The van der Waals surface area contributed by atoms with Crippen LogP contribution in [0.15, 0.2) is 0 Å². The summed E-state index contributed by atoms with van der Waals surface area (Å²) in [5.74, 6) is 0. The Labute approximate surface area is 80.6 Å². The van der Waals surface area contributed by atoms with Crippen molar-refractivity contribution >= 4 is 0 Å². The number of hydrogen-bond donors (Lipinski definition) is 1. The van der Waals surface area contributed by atoms with E-state index in [1.165, 1.54) is 0 Å². The molecule has 0 aromatic heterocycles. The fraction of sp³-hybridized carbons (Fsp3) is 1.00. The van der Waals surface area contributed by atoms with Gasteiger partial charge in [0.25, 0.3) is 0 Å². The van der Waals surface area contributed by atoms with E-state index in [1.54, 1.807) is 0 Å². The van der Waals surface area contributed by atoms with E-state index in [0.29, 0.717) is 13.2 Å². The quantitative estimate of drug-likeness (QED) is 0.757. The number of halogens is 3. The minimum atomic E-state index is -4.29. The van der Waals surface area contributed by atoms with Crippen molar-refractivity contribution in [3.8, 4) is 0 Å². The molecule has 6 heteroatoms. The van der Waals surface area contributed by atoms with Gasteiger partial charge in [0.1, 0.15) is 0 Å². The highest BCUT2D eigenvalue weighted by molar-refractivity contribution is 4.68. The highest BCUT2D eigenvalue weighted by Gasteiger charge is 2.37. The summed E-state index contributed by atoms with van der Waals surface area (Å²) < 4.78 is 45.9. The van der Waals surface area contributed by atoms with Crippen LogP contribution in [0.25, 0.3) is 0 Å². The van der Waals surface area contributed by atoms with E-state index in [2.05, 4.69) is 10.1 Å². The Kier molecular flexibility index (Phi) is 4.15. The predicted molar refractivity (Wildman–Crippen MR) is 44.1 cm³/mol. The summed E-state index contributed by atoms with van der Waals surface area (Å²) in [6.45, 7) is 2.79. The minimum Gasteiger partial charge on any atom is -0.373 e. The van der Waals surface area contributed by atoms with Crippen LogP contribution in [0.5, 0.6) is 0 Å². The topological polar surface area (TPSA) is 30.5 Å². The van der Waals surface area contributed by atoms with Crippen molar-refractivity contribution in [2.75, 3.05) is 26.3 Å². The summed E-state index contributed by atoms with van der Waals surface area (Å²) in [6, 6.07) is 0. The molecule has 1 aliphatic rings. The molecule has 0 aromatic rings. The first kappa shape index (κ1) is 11.7. The maximum absolute atomic E-state index is 12.0. The summed E-state index contributed by atoms with van der Waals surface area (Å²) in [5.41, 5.74) is 0. The largest absolute Gasteiger partial charge is 0.414 e. The van der Waals surface area contributed by atoms with E-state index >= 15 is 0 Å². The van der Waals surface area contributed by atoms with Crippen molar-refractivity contribution in [3.05, 3.63) is 0 Å². The molecule has 2 atom stereocenters. The summed E-state index contributed by atoms with van der Waals surface area (Å²) in [6.07, 6.45) is -6.29. The Morgan fingerprint density at radius 1 is 1.57 bits per heavy atom. The molecule has 1 rings (SSSR count). The third-order valence-electron chi connectivity index (χ3n) is 2.00. The molecule has 0 radical (unpaired) electrons. The monoisotopic (exact) mass is 213 g/mol. The van der Waals surface area contributed by atoms with Gasteiger partial charge >= 0.3 is 6.18 Å². The summed E-state index contributed by atoms with van der Waals surface area (Å²) in [7, 11) is 0. The second-order valence-corrected chi connectivity index (χ2v) is 3.21. The predicted octanol–water partition coefficient (Wildman–Crippen LogP) is 0.942. The minimum absolute atomic E-state index is 0.0202. The molecule has 1 aliphatic heterocycles. The van der Waals surface area contributed by atoms with Crippen LogP contribution < -0.4 is 5.32 Å². The van der Waals surface area contributed by atoms with Crippen molar-refractivity contribution < 1.29 is 22.6 Å². The summed E-state index contributed by atoms with van der Waals surface area (Å²) >= 11 is 0. The van der Waals surface area contributed by atoms with E-state index in [-0.39, 0.29) is 12.7 Å². The fourth-order valence-electron chi connectivity index (χ4n) is 1.07. The van der Waals surface area contributed by atoms with Gasteiger partial charge in [-0.1, -0.05) is 0 Å². The van der Waals surface area contributed by atoms with Crippen LogP contribution in [0, 0.1) is 0 Å². The standard InChI is InChI=1S/C8H14F3NO2/c1-6(8(9,10)11)14-5-7-4-12-2-3-13-7/h6-7,12H,2-5H2,1H3. The Balaban J connectivity index is 2.19. The smallest absolute Gasteiger partial charge is 0.373 e. The van der Waals surface area contributed by atoms with Gasteiger partial charge in [-0.2, -0.15) is 13.2 Å². The highest BCUT2D eigenvalue weighted by atomic mass is 19.4. The van der Waals surface area contributed by atoms with Gasteiger partial charge in [0.15, 0.2) is 6.10 Å². The van der Waals surface area contributed by atoms with E-state index in [9.17, 15) is 13.2 Å². The zero-order chi connectivity index (χ0) is 10.6. The maximum Gasteiger partial charge on any atom is 0.414 e. The van der Waals surface area contributed by atoms with Gasteiger partial charge < -0.3 is 14.8 Å². The van der Waals surface area contributed by atoms with Gasteiger partial charge in [0.05, 0.1) is 19.3 Å². The normalized spacial score (nSPS) is 26.1. The number of nitrogens with one attached hydrogen (secondary N) is 1. The second kappa shape index (κ2) is 4.95. The molecule has 0 aromatic carbocycles. The lowest BCUT2D eigenvalue weighted by molar-refractivity contribution is -0.221.